The molecule has 188 valence electrons. The molecule has 0 saturated heterocycles. The number of carbonyl (C=O) groups is 3. The summed E-state index contributed by atoms with van der Waals surface area (Å²) in [7, 11) is 1.61. The molecule has 0 aliphatic heterocycles. The molecular formula is C22H29FN2O9. The van der Waals surface area contributed by atoms with E-state index in [0.717, 1.165) is 19.6 Å². The smallest absolute Gasteiger partial charge is 0.419 e. The van der Waals surface area contributed by atoms with Crippen molar-refractivity contribution in [3.63, 3.8) is 0 Å². The Morgan fingerprint density at radius 2 is 1.59 bits per heavy atom. The van der Waals surface area contributed by atoms with Crippen molar-refractivity contribution in [1.82, 2.24) is 9.47 Å². The van der Waals surface area contributed by atoms with Crippen LogP contribution in [0.5, 0.6) is 0 Å². The van der Waals surface area contributed by atoms with Crippen LogP contribution >= 0.6 is 0 Å². The van der Waals surface area contributed by atoms with Crippen LogP contribution in [0.15, 0.2) is 33.5 Å². The fraction of sp³-hybridized carbons (Fsp3) is 0.455. The molecule has 0 amide bonds. The first-order chi connectivity index (χ1) is 15.9. The van der Waals surface area contributed by atoms with E-state index in [1.54, 1.807) is 25.2 Å². The van der Waals surface area contributed by atoms with Gasteiger partial charge >= 0.3 is 23.7 Å². The molecule has 0 atom stereocenters. The van der Waals surface area contributed by atoms with Gasteiger partial charge in [0.2, 0.25) is 0 Å². The molecule has 0 unspecified atom stereocenters. The van der Waals surface area contributed by atoms with E-state index in [1.165, 1.54) is 10.6 Å². The second kappa shape index (κ2) is 12.7. The van der Waals surface area contributed by atoms with E-state index in [1.807, 2.05) is 0 Å². The Kier molecular flexibility index (Phi) is 10.6. The first kappa shape index (κ1) is 28.5. The lowest BCUT2D eigenvalue weighted by molar-refractivity contribution is -0.170. The lowest BCUT2D eigenvalue weighted by atomic mass is 9.96. The zero-order valence-electron chi connectivity index (χ0n) is 19.2. The SMILES string of the molecule is CCN(CC)CCc1oc(=O)n(C)c1-c1ccccc1F.O=C(O)CC(O)(CC(=O)O)C(=O)O. The van der Waals surface area contributed by atoms with Gasteiger partial charge < -0.3 is 29.7 Å². The summed E-state index contributed by atoms with van der Waals surface area (Å²) in [5.41, 5.74) is -1.80. The molecule has 2 aromatic rings. The highest BCUT2D eigenvalue weighted by atomic mass is 19.1. The van der Waals surface area contributed by atoms with Crippen LogP contribution in [0.4, 0.5) is 4.39 Å². The van der Waals surface area contributed by atoms with E-state index in [4.69, 9.17) is 24.8 Å². The minimum atomic E-state index is -2.74. The van der Waals surface area contributed by atoms with Crippen LogP contribution in [0.3, 0.4) is 0 Å². The third-order valence-corrected chi connectivity index (χ3v) is 5.05. The monoisotopic (exact) mass is 484 g/mol. The Balaban J connectivity index is 0.000000385. The number of aromatic nitrogens is 1. The minimum Gasteiger partial charge on any atom is -0.481 e. The van der Waals surface area contributed by atoms with Crippen molar-refractivity contribution in [2.24, 2.45) is 7.05 Å². The number of carboxylic acid groups (broad SMARTS) is 3. The van der Waals surface area contributed by atoms with Crippen molar-refractivity contribution in [1.29, 1.82) is 0 Å². The fourth-order valence-electron chi connectivity index (χ4n) is 3.17. The van der Waals surface area contributed by atoms with Crippen LogP contribution in [-0.4, -0.2) is 73.0 Å². The van der Waals surface area contributed by atoms with Crippen molar-refractivity contribution in [2.75, 3.05) is 19.6 Å². The molecule has 0 fully saturated rings. The number of hydrogen-bond donors (Lipinski definition) is 4. The molecule has 0 spiro atoms. The normalized spacial score (nSPS) is 11.1. The predicted molar refractivity (Wildman–Crippen MR) is 118 cm³/mol. The number of carboxylic acids is 3. The summed E-state index contributed by atoms with van der Waals surface area (Å²) in [4.78, 5) is 44.5. The van der Waals surface area contributed by atoms with Crippen LogP contribution < -0.4 is 5.76 Å². The lowest BCUT2D eigenvalue weighted by Gasteiger charge is -2.18. The summed E-state index contributed by atoms with van der Waals surface area (Å²) < 4.78 is 20.7. The average Bonchev–Trinajstić information content (AvgIpc) is 3.02. The number of aliphatic hydroxyl groups is 1. The second-order valence-electron chi connectivity index (χ2n) is 7.43. The number of likely N-dealkylation sites (N-methyl/N-ethyl adjacent to an activating group) is 1. The average molecular weight is 484 g/mol. The molecule has 1 aromatic heterocycles. The van der Waals surface area contributed by atoms with Crippen molar-refractivity contribution >= 4 is 17.9 Å². The van der Waals surface area contributed by atoms with Gasteiger partial charge in [-0.25, -0.2) is 14.0 Å². The quantitative estimate of drug-likeness (QED) is 0.366. The Hall–Kier alpha value is -3.51. The van der Waals surface area contributed by atoms with E-state index in [0.29, 0.717) is 23.4 Å². The molecule has 34 heavy (non-hydrogen) atoms. The molecule has 0 aliphatic carbocycles. The van der Waals surface area contributed by atoms with Crippen LogP contribution in [0.2, 0.25) is 0 Å². The van der Waals surface area contributed by atoms with Crippen molar-refractivity contribution in [2.45, 2.75) is 38.7 Å². The van der Waals surface area contributed by atoms with E-state index in [9.17, 15) is 23.6 Å². The van der Waals surface area contributed by atoms with E-state index < -0.39 is 42.1 Å². The van der Waals surface area contributed by atoms with Gasteiger partial charge in [0.15, 0.2) is 5.60 Å². The molecule has 0 bridgehead atoms. The topological polar surface area (TPSA) is 171 Å². The molecule has 4 N–H and O–H groups in total. The maximum absolute atomic E-state index is 14.0. The fourth-order valence-corrected chi connectivity index (χ4v) is 3.17. The number of halogens is 1. The number of benzene rings is 1. The molecule has 0 radical (unpaired) electrons. The third kappa shape index (κ3) is 7.81. The summed E-state index contributed by atoms with van der Waals surface area (Å²) in [5.74, 6) is -5.28. The van der Waals surface area contributed by atoms with E-state index in [-0.39, 0.29) is 5.82 Å². The highest BCUT2D eigenvalue weighted by Gasteiger charge is 2.40. The molecule has 2 rings (SSSR count). The molecule has 1 aromatic carbocycles. The second-order valence-corrected chi connectivity index (χ2v) is 7.43. The number of rotatable bonds is 11. The van der Waals surface area contributed by atoms with Crippen LogP contribution in [-0.2, 0) is 27.9 Å². The van der Waals surface area contributed by atoms with Gasteiger partial charge in [-0.1, -0.05) is 26.0 Å². The van der Waals surface area contributed by atoms with Gasteiger partial charge in [-0.15, -0.1) is 0 Å². The summed E-state index contributed by atoms with van der Waals surface area (Å²) in [6, 6.07) is 6.44. The zero-order chi connectivity index (χ0) is 26.1. The number of aliphatic carboxylic acids is 3. The standard InChI is InChI=1S/C16H21FN2O2.C6H8O7/c1-4-19(5-2)11-10-14-15(18(3)16(20)21-14)12-8-6-7-9-13(12)17;7-3(8)1-6(13,5(11)12)2-4(9)10/h6-9H,4-5,10-11H2,1-3H3;13H,1-2H2,(H,7,8)(H,9,10)(H,11,12). The minimum absolute atomic E-state index is 0.349. The van der Waals surface area contributed by atoms with Gasteiger partial charge in [0.25, 0.3) is 0 Å². The maximum Gasteiger partial charge on any atom is 0.419 e. The first-order valence-electron chi connectivity index (χ1n) is 10.4. The van der Waals surface area contributed by atoms with Crippen molar-refractivity contribution in [3.05, 3.63) is 46.4 Å². The molecule has 0 saturated carbocycles. The van der Waals surface area contributed by atoms with E-state index in [2.05, 4.69) is 18.7 Å². The molecule has 11 nitrogen and oxygen atoms in total. The number of oxazole rings is 1. The van der Waals surface area contributed by atoms with Gasteiger partial charge in [-0.3, -0.25) is 14.2 Å². The highest BCUT2D eigenvalue weighted by molar-refractivity contribution is 5.88. The molecule has 0 aliphatic rings. The predicted octanol–water partition coefficient (Wildman–Crippen LogP) is 1.42. The van der Waals surface area contributed by atoms with Crippen molar-refractivity contribution in [3.8, 4) is 11.3 Å². The van der Waals surface area contributed by atoms with Gasteiger partial charge in [0, 0.05) is 25.6 Å². The Bertz CT molecular complexity index is 1040. The van der Waals surface area contributed by atoms with Crippen LogP contribution in [0.1, 0.15) is 32.4 Å². The molecule has 12 heteroatoms. The Labute approximate surface area is 194 Å². The molecule has 1 heterocycles. The van der Waals surface area contributed by atoms with Gasteiger partial charge in [0.1, 0.15) is 11.6 Å². The number of hydrogen-bond acceptors (Lipinski definition) is 7. The highest BCUT2D eigenvalue weighted by Crippen LogP contribution is 2.25. The van der Waals surface area contributed by atoms with Crippen molar-refractivity contribution < 1.29 is 43.6 Å². The summed E-state index contributed by atoms with van der Waals surface area (Å²) in [6.07, 6.45) is -1.70. The molecular weight excluding hydrogens is 455 g/mol. The van der Waals surface area contributed by atoms with Gasteiger partial charge in [-0.05, 0) is 25.2 Å². The largest absolute Gasteiger partial charge is 0.481 e. The first-order valence-corrected chi connectivity index (χ1v) is 10.4. The van der Waals surface area contributed by atoms with Gasteiger partial charge in [-0.2, -0.15) is 0 Å². The number of nitrogens with zero attached hydrogens (tertiary/aromatic N) is 2. The maximum atomic E-state index is 14.0. The lowest BCUT2D eigenvalue weighted by Crippen LogP contribution is -2.42. The van der Waals surface area contributed by atoms with Gasteiger partial charge in [0.05, 0.1) is 18.5 Å². The van der Waals surface area contributed by atoms with E-state index >= 15 is 0 Å². The third-order valence-electron chi connectivity index (χ3n) is 5.05. The summed E-state index contributed by atoms with van der Waals surface area (Å²) in [6.45, 7) is 6.82. The Morgan fingerprint density at radius 3 is 2.03 bits per heavy atom. The Morgan fingerprint density at radius 1 is 1.06 bits per heavy atom. The van der Waals surface area contributed by atoms with Crippen LogP contribution in [0, 0.1) is 5.82 Å². The summed E-state index contributed by atoms with van der Waals surface area (Å²) in [5, 5.41) is 33.8. The zero-order valence-corrected chi connectivity index (χ0v) is 19.2. The van der Waals surface area contributed by atoms with Crippen LogP contribution in [0.25, 0.3) is 11.3 Å². The summed E-state index contributed by atoms with van der Waals surface area (Å²) >= 11 is 0.